The predicted octanol–water partition coefficient (Wildman–Crippen LogP) is 4.22. The number of carbonyl (C=O) groups excluding carboxylic acids is 1. The summed E-state index contributed by atoms with van der Waals surface area (Å²) in [6.45, 7) is 3.88. The number of pyridine rings is 1. The molecule has 1 amide bonds. The number of methoxy groups -OCH3 is 2. The first-order valence-corrected chi connectivity index (χ1v) is 12.0. The minimum atomic E-state index is -3.92. The maximum atomic E-state index is 12.9. The monoisotopic (exact) mass is 485 g/mol. The van der Waals surface area contributed by atoms with Crippen LogP contribution in [-0.2, 0) is 10.0 Å². The van der Waals surface area contributed by atoms with Crippen molar-refractivity contribution < 1.29 is 27.4 Å². The quantitative estimate of drug-likeness (QED) is 0.442. The van der Waals surface area contributed by atoms with Gasteiger partial charge in [0.1, 0.15) is 11.3 Å². The number of nitrogens with one attached hydrogen (secondary N) is 2. The van der Waals surface area contributed by atoms with E-state index in [-0.39, 0.29) is 34.0 Å². The Balaban J connectivity index is 1.82. The fraction of sp³-hybridized carbons (Fsp3) is 0.250. The lowest BCUT2D eigenvalue weighted by atomic mass is 10.2. The number of carbonyl (C=O) groups is 1. The maximum Gasteiger partial charge on any atom is 0.262 e. The molecule has 10 heteroatoms. The standard InChI is InChI=1S/C24H27N3O6S/c1-5-16(2)26-23(28)20-10-7-13-25-24(20)33-18-9-6-8-17(14-18)27-34(29,30)19-11-12-21(31-3)22(15-19)32-4/h6-16,27H,5H2,1-4H3,(H,26,28)/t16-/m0/s1. The van der Waals surface area contributed by atoms with Gasteiger partial charge in [-0.15, -0.1) is 0 Å². The van der Waals surface area contributed by atoms with Crippen LogP contribution >= 0.6 is 0 Å². The van der Waals surface area contributed by atoms with Gasteiger partial charge in [-0.25, -0.2) is 13.4 Å². The Morgan fingerprint density at radius 1 is 1.03 bits per heavy atom. The number of anilines is 1. The second-order valence-electron chi connectivity index (χ2n) is 7.39. The van der Waals surface area contributed by atoms with Gasteiger partial charge in [-0.2, -0.15) is 0 Å². The van der Waals surface area contributed by atoms with Crippen molar-refractivity contribution in [3.05, 3.63) is 66.4 Å². The summed E-state index contributed by atoms with van der Waals surface area (Å²) in [7, 11) is -1.02. The van der Waals surface area contributed by atoms with E-state index in [1.807, 2.05) is 13.8 Å². The van der Waals surface area contributed by atoms with Gasteiger partial charge in [0.25, 0.3) is 15.9 Å². The van der Waals surface area contributed by atoms with E-state index in [2.05, 4.69) is 15.0 Å². The summed E-state index contributed by atoms with van der Waals surface area (Å²) >= 11 is 0. The lowest BCUT2D eigenvalue weighted by Crippen LogP contribution is -2.32. The summed E-state index contributed by atoms with van der Waals surface area (Å²) in [6.07, 6.45) is 2.30. The maximum absolute atomic E-state index is 12.9. The molecule has 2 aromatic carbocycles. The number of nitrogens with zero attached hydrogens (tertiary/aromatic N) is 1. The third kappa shape index (κ3) is 5.96. The molecular formula is C24H27N3O6S. The van der Waals surface area contributed by atoms with Gasteiger partial charge in [-0.3, -0.25) is 9.52 Å². The van der Waals surface area contributed by atoms with Crippen molar-refractivity contribution in [1.29, 1.82) is 0 Å². The van der Waals surface area contributed by atoms with Gasteiger partial charge < -0.3 is 19.5 Å². The van der Waals surface area contributed by atoms with Crippen LogP contribution in [0.4, 0.5) is 5.69 Å². The van der Waals surface area contributed by atoms with Crippen LogP contribution in [-0.4, -0.2) is 39.6 Å². The molecule has 0 unspecified atom stereocenters. The van der Waals surface area contributed by atoms with Crippen molar-refractivity contribution in [2.75, 3.05) is 18.9 Å². The Hall–Kier alpha value is -3.79. The molecule has 1 atom stereocenters. The number of hydrogen-bond acceptors (Lipinski definition) is 7. The van der Waals surface area contributed by atoms with Crippen molar-refractivity contribution in [2.24, 2.45) is 0 Å². The zero-order chi connectivity index (χ0) is 24.7. The largest absolute Gasteiger partial charge is 0.493 e. The molecule has 1 heterocycles. The van der Waals surface area contributed by atoms with E-state index in [0.29, 0.717) is 17.2 Å². The lowest BCUT2D eigenvalue weighted by Gasteiger charge is -2.14. The van der Waals surface area contributed by atoms with Gasteiger partial charge in [0.05, 0.1) is 24.8 Å². The molecule has 0 aliphatic rings. The molecule has 3 rings (SSSR count). The summed E-state index contributed by atoms with van der Waals surface area (Å²) in [4.78, 5) is 16.8. The second kappa shape index (κ2) is 10.9. The van der Waals surface area contributed by atoms with Crippen LogP contribution in [0.25, 0.3) is 0 Å². The minimum Gasteiger partial charge on any atom is -0.493 e. The molecule has 9 nitrogen and oxygen atoms in total. The smallest absolute Gasteiger partial charge is 0.262 e. The molecule has 0 spiro atoms. The molecule has 0 aliphatic heterocycles. The summed E-state index contributed by atoms with van der Waals surface area (Å²) < 4.78 is 44.5. The fourth-order valence-electron chi connectivity index (χ4n) is 2.98. The molecule has 0 aliphatic carbocycles. The second-order valence-corrected chi connectivity index (χ2v) is 9.07. The van der Waals surface area contributed by atoms with E-state index in [1.165, 1.54) is 44.7 Å². The summed E-state index contributed by atoms with van der Waals surface area (Å²) in [5.41, 5.74) is 0.549. The van der Waals surface area contributed by atoms with Crippen LogP contribution in [0.2, 0.25) is 0 Å². The highest BCUT2D eigenvalue weighted by atomic mass is 32.2. The molecular weight excluding hydrogens is 458 g/mol. The van der Waals surface area contributed by atoms with Gasteiger partial charge in [-0.05, 0) is 49.7 Å². The van der Waals surface area contributed by atoms with Crippen molar-refractivity contribution in [3.8, 4) is 23.1 Å². The Morgan fingerprint density at radius 2 is 1.79 bits per heavy atom. The molecule has 180 valence electrons. The molecule has 34 heavy (non-hydrogen) atoms. The number of benzene rings is 2. The topological polar surface area (TPSA) is 116 Å². The zero-order valence-corrected chi connectivity index (χ0v) is 20.2. The number of amides is 1. The third-order valence-electron chi connectivity index (χ3n) is 4.97. The average molecular weight is 486 g/mol. The fourth-order valence-corrected chi connectivity index (χ4v) is 4.05. The first-order chi connectivity index (χ1) is 16.3. The zero-order valence-electron chi connectivity index (χ0n) is 19.4. The van der Waals surface area contributed by atoms with Crippen molar-refractivity contribution in [2.45, 2.75) is 31.2 Å². The summed E-state index contributed by atoms with van der Waals surface area (Å²) in [5, 5.41) is 2.88. The third-order valence-corrected chi connectivity index (χ3v) is 6.35. The van der Waals surface area contributed by atoms with Crippen molar-refractivity contribution in [1.82, 2.24) is 10.3 Å². The SMILES string of the molecule is CC[C@H](C)NC(=O)c1cccnc1Oc1cccc(NS(=O)(=O)c2ccc(OC)c(OC)c2)c1. The highest BCUT2D eigenvalue weighted by Crippen LogP contribution is 2.31. The molecule has 0 fully saturated rings. The molecule has 1 aromatic heterocycles. The van der Waals surface area contributed by atoms with E-state index in [4.69, 9.17) is 14.2 Å². The van der Waals surface area contributed by atoms with Crippen LogP contribution < -0.4 is 24.2 Å². The molecule has 2 N–H and O–H groups in total. The van der Waals surface area contributed by atoms with E-state index in [9.17, 15) is 13.2 Å². The molecule has 0 saturated carbocycles. The predicted molar refractivity (Wildman–Crippen MR) is 128 cm³/mol. The summed E-state index contributed by atoms with van der Waals surface area (Å²) in [5.74, 6) is 0.830. The number of sulfonamides is 1. The van der Waals surface area contributed by atoms with E-state index in [1.54, 1.807) is 30.3 Å². The van der Waals surface area contributed by atoms with Gasteiger partial charge in [0.15, 0.2) is 11.5 Å². The normalized spacial score (nSPS) is 11.9. The van der Waals surface area contributed by atoms with E-state index in [0.717, 1.165) is 6.42 Å². The van der Waals surface area contributed by atoms with E-state index < -0.39 is 10.0 Å². The average Bonchev–Trinajstić information content (AvgIpc) is 2.83. The number of rotatable bonds is 10. The Labute approximate surface area is 199 Å². The van der Waals surface area contributed by atoms with Crippen LogP contribution in [0.15, 0.2) is 65.7 Å². The molecule has 0 radical (unpaired) electrons. The van der Waals surface area contributed by atoms with Crippen LogP contribution in [0.1, 0.15) is 30.6 Å². The minimum absolute atomic E-state index is 0.00475. The highest BCUT2D eigenvalue weighted by molar-refractivity contribution is 7.92. The Kier molecular flexibility index (Phi) is 7.95. The van der Waals surface area contributed by atoms with Crippen LogP contribution in [0.3, 0.4) is 0 Å². The first kappa shape index (κ1) is 24.8. The van der Waals surface area contributed by atoms with Crippen LogP contribution in [0, 0.1) is 0 Å². The summed E-state index contributed by atoms with van der Waals surface area (Å²) in [6, 6.07) is 13.9. The molecule has 0 bridgehead atoms. The molecule has 3 aromatic rings. The number of ether oxygens (including phenoxy) is 3. The molecule has 0 saturated heterocycles. The Bertz CT molecular complexity index is 1260. The highest BCUT2D eigenvalue weighted by Gasteiger charge is 2.19. The number of aromatic nitrogens is 1. The van der Waals surface area contributed by atoms with Crippen molar-refractivity contribution in [3.63, 3.8) is 0 Å². The van der Waals surface area contributed by atoms with Gasteiger partial charge in [-0.1, -0.05) is 13.0 Å². The Morgan fingerprint density at radius 3 is 2.50 bits per heavy atom. The lowest BCUT2D eigenvalue weighted by molar-refractivity contribution is 0.0936. The van der Waals surface area contributed by atoms with Crippen LogP contribution in [0.5, 0.6) is 23.1 Å². The van der Waals surface area contributed by atoms with Gasteiger partial charge in [0, 0.05) is 24.4 Å². The first-order valence-electron chi connectivity index (χ1n) is 10.6. The number of hydrogen-bond donors (Lipinski definition) is 2. The van der Waals surface area contributed by atoms with Gasteiger partial charge >= 0.3 is 0 Å². The van der Waals surface area contributed by atoms with Crippen molar-refractivity contribution >= 4 is 21.6 Å². The van der Waals surface area contributed by atoms with Gasteiger partial charge in [0.2, 0.25) is 5.88 Å². The van der Waals surface area contributed by atoms with E-state index >= 15 is 0 Å².